The van der Waals surface area contributed by atoms with E-state index in [4.69, 9.17) is 0 Å². The van der Waals surface area contributed by atoms with Gasteiger partial charge in [-0.15, -0.1) is 0 Å². The summed E-state index contributed by atoms with van der Waals surface area (Å²) in [5.41, 5.74) is 10.5. The molecule has 49 heavy (non-hydrogen) atoms. The molecule has 0 fully saturated rings. The van der Waals surface area contributed by atoms with Gasteiger partial charge in [-0.1, -0.05) is 0 Å². The molecule has 0 aliphatic heterocycles. The monoisotopic (exact) mass is 962 g/mol. The summed E-state index contributed by atoms with van der Waals surface area (Å²) in [5, 5.41) is 2.32. The molecule has 0 amide bonds. The molecule has 2 radical (unpaired) electrons. The Balaban J connectivity index is 3.48. The van der Waals surface area contributed by atoms with Gasteiger partial charge in [-0.25, -0.2) is 0 Å². The third-order valence-electron chi connectivity index (χ3n) is 10.8. The van der Waals surface area contributed by atoms with Gasteiger partial charge in [0.15, 0.2) is 0 Å². The van der Waals surface area contributed by atoms with Crippen LogP contribution >= 0.6 is 0 Å². The molecule has 0 nitrogen and oxygen atoms in total. The van der Waals surface area contributed by atoms with Crippen molar-refractivity contribution in [3.8, 4) is 0 Å². The van der Waals surface area contributed by atoms with Gasteiger partial charge in [0.25, 0.3) is 0 Å². The quantitative estimate of drug-likeness (QED) is 0.166. The Morgan fingerprint density at radius 1 is 0.327 bits per heavy atom. The molecule has 0 aliphatic carbocycles. The van der Waals surface area contributed by atoms with Crippen molar-refractivity contribution in [2.45, 2.75) is 193 Å². The maximum atomic E-state index is 2.95. The Bertz CT molecular complexity index is 1310. The van der Waals surface area contributed by atoms with Crippen LogP contribution in [0.3, 0.4) is 0 Å². The Labute approximate surface area is 326 Å². The van der Waals surface area contributed by atoms with E-state index >= 15 is 0 Å². The van der Waals surface area contributed by atoms with Crippen LogP contribution in [0.5, 0.6) is 0 Å². The molecule has 7 heteroatoms. The Kier molecular flexibility index (Phi) is 14.8. The van der Waals surface area contributed by atoms with Crippen LogP contribution in [0.2, 0.25) is 118 Å². The SMILES string of the molecule is CC(C)c1cc(C(C)C)[c]([Pb][c]2c(C([Si](C)(C)C)[Si](C)(C)C)cc(C([Si](C)(C)C)[Si](C)(C)C)cc2C([Si](C)(C)C)[Si](C)(C)C)c(C(C)C)c1. The van der Waals surface area contributed by atoms with Gasteiger partial charge in [0.2, 0.25) is 0 Å². The molecule has 0 N–H and O–H groups in total. The number of rotatable bonds is 14. The topological polar surface area (TPSA) is 0 Å². The van der Waals surface area contributed by atoms with Gasteiger partial charge in [0.1, 0.15) is 0 Å². The third-order valence-corrected chi connectivity index (χ3v) is 45.1. The first-order chi connectivity index (χ1) is 21.6. The van der Waals surface area contributed by atoms with Crippen molar-refractivity contribution in [2.24, 2.45) is 0 Å². The first kappa shape index (κ1) is 45.8. The van der Waals surface area contributed by atoms with E-state index in [0.717, 1.165) is 15.5 Å². The first-order valence-corrected chi connectivity index (χ1v) is 45.1. The molecule has 0 bridgehead atoms. The summed E-state index contributed by atoms with van der Waals surface area (Å²) in [5.74, 6) is 1.68. The second-order valence-corrected chi connectivity index (χ2v) is 61.7. The summed E-state index contributed by atoms with van der Waals surface area (Å²) in [4.78, 5) is 0. The van der Waals surface area contributed by atoms with Crippen molar-refractivity contribution in [1.29, 1.82) is 0 Å². The van der Waals surface area contributed by atoms with Gasteiger partial charge in [0, 0.05) is 0 Å². The average molecular weight is 963 g/mol. The molecular formula is C42H82PbSi6. The van der Waals surface area contributed by atoms with Crippen LogP contribution in [0.15, 0.2) is 24.3 Å². The van der Waals surface area contributed by atoms with Crippen molar-refractivity contribution in [2.75, 3.05) is 0 Å². The first-order valence-electron chi connectivity index (χ1n) is 19.7. The molecule has 2 rings (SSSR count). The number of hydrogen-bond donors (Lipinski definition) is 0. The van der Waals surface area contributed by atoms with Crippen LogP contribution in [0.25, 0.3) is 0 Å². The van der Waals surface area contributed by atoms with Crippen LogP contribution in [0.1, 0.15) is 108 Å². The molecular weight excluding hydrogens is 880 g/mol. The van der Waals surface area contributed by atoms with Crippen LogP contribution in [-0.2, 0) is 0 Å². The van der Waals surface area contributed by atoms with Crippen molar-refractivity contribution in [1.82, 2.24) is 0 Å². The van der Waals surface area contributed by atoms with Gasteiger partial charge >= 0.3 is 329 Å². The molecule has 0 aliphatic rings. The molecule has 0 saturated heterocycles. The normalized spacial score (nSPS) is 14.5. The summed E-state index contributed by atoms with van der Waals surface area (Å²) >= 11 is -1.55. The van der Waals surface area contributed by atoms with Crippen molar-refractivity contribution in [3.63, 3.8) is 0 Å². The molecule has 0 saturated carbocycles. The molecule has 0 aromatic heterocycles. The predicted molar refractivity (Wildman–Crippen MR) is 248 cm³/mol. The fraction of sp³-hybridized carbons (Fsp3) is 0.714. The number of hydrogen-bond acceptors (Lipinski definition) is 0. The van der Waals surface area contributed by atoms with E-state index in [0.29, 0.717) is 17.8 Å². The van der Waals surface area contributed by atoms with Gasteiger partial charge in [-0.3, -0.25) is 0 Å². The molecule has 0 spiro atoms. The Hall–Kier alpha value is 0.663. The van der Waals surface area contributed by atoms with E-state index in [-0.39, 0.29) is 0 Å². The van der Waals surface area contributed by atoms with Gasteiger partial charge in [-0.2, -0.15) is 0 Å². The Morgan fingerprint density at radius 2 is 0.571 bits per heavy atom. The van der Waals surface area contributed by atoms with Gasteiger partial charge in [0.05, 0.1) is 0 Å². The zero-order valence-electron chi connectivity index (χ0n) is 37.3. The predicted octanol–water partition coefficient (Wildman–Crippen LogP) is 13.2. The molecule has 0 unspecified atom stereocenters. The van der Waals surface area contributed by atoms with E-state index in [1.165, 1.54) is 0 Å². The fourth-order valence-electron chi connectivity index (χ4n) is 10.5. The van der Waals surface area contributed by atoms with Crippen LogP contribution in [-0.4, -0.2) is 72.7 Å². The van der Waals surface area contributed by atoms with E-state index in [2.05, 4.69) is 184 Å². The average Bonchev–Trinajstić information content (AvgIpc) is 2.79. The van der Waals surface area contributed by atoms with E-state index < -0.39 is 72.7 Å². The standard InChI is InChI=1S/C27H59Si6.C15H23.Pb/c1-28(2,3)25(29(4,5)6)22-19-23(26(30(7,8)9)31(10,11)12)21-24(20-22)27(32(13,14)15)33(16,17)18;1-10(2)13-7-14(11(3)4)9-15(8-13)12(5)6;/h19-20,25-27H,1-18H3;7-8,10-12H,1-6H3;. The molecule has 2 aromatic rings. The number of benzene rings is 2. The van der Waals surface area contributed by atoms with Crippen molar-refractivity contribution >= 4 is 78.9 Å². The second-order valence-electron chi connectivity index (χ2n) is 23.2. The maximum absolute atomic E-state index is 2.95. The summed E-state index contributed by atoms with van der Waals surface area (Å²) in [7, 11) is -9.26. The molecule has 0 atom stereocenters. The summed E-state index contributed by atoms with van der Waals surface area (Å²) in [6.07, 6.45) is 0. The fourth-order valence-corrected chi connectivity index (χ4v) is 58.6. The zero-order valence-corrected chi connectivity index (χ0v) is 47.2. The van der Waals surface area contributed by atoms with Crippen LogP contribution in [0, 0.1) is 0 Å². The molecule has 2 aromatic carbocycles. The van der Waals surface area contributed by atoms with E-state index in [1.807, 2.05) is 17.4 Å². The summed E-state index contributed by atoms with van der Waals surface area (Å²) < 4.78 is 3.82. The van der Waals surface area contributed by atoms with E-state index in [1.54, 1.807) is 22.3 Å². The molecule has 278 valence electrons. The summed E-state index contributed by atoms with van der Waals surface area (Å²) in [6.45, 7) is 63.5. The van der Waals surface area contributed by atoms with Gasteiger partial charge in [-0.05, 0) is 0 Å². The van der Waals surface area contributed by atoms with E-state index in [9.17, 15) is 0 Å². The zero-order chi connectivity index (χ0) is 38.6. The minimum atomic E-state index is -1.57. The van der Waals surface area contributed by atoms with Crippen molar-refractivity contribution in [3.05, 3.63) is 57.6 Å². The third kappa shape index (κ3) is 11.3. The Morgan fingerprint density at radius 3 is 0.796 bits per heavy atom. The molecule has 0 heterocycles. The minimum absolute atomic E-state index is 0.558. The van der Waals surface area contributed by atoms with Crippen molar-refractivity contribution < 1.29 is 0 Å². The van der Waals surface area contributed by atoms with Crippen LogP contribution < -0.4 is 6.25 Å². The van der Waals surface area contributed by atoms with Gasteiger partial charge < -0.3 is 0 Å². The summed E-state index contributed by atoms with van der Waals surface area (Å²) in [6, 6.07) is 11.2. The second kappa shape index (κ2) is 15.8. The van der Waals surface area contributed by atoms with Crippen LogP contribution in [0.4, 0.5) is 0 Å².